The molecule has 0 bridgehead atoms. The Morgan fingerprint density at radius 1 is 1.07 bits per heavy atom. The number of nitrogen functional groups attached to an aromatic ring is 1. The number of nitrogens with two attached hydrogens (primary N) is 1. The number of nitrogens with zero attached hydrogens (tertiary/aromatic N) is 4. The molecule has 1 fully saturated rings. The second kappa shape index (κ2) is 7.90. The number of carbonyl (C=O) groups is 1. The zero-order valence-corrected chi connectivity index (χ0v) is 16.0. The molecule has 1 amide bonds. The molecule has 0 spiro atoms. The Morgan fingerprint density at radius 3 is 2.54 bits per heavy atom. The first-order valence-electron chi connectivity index (χ1n) is 9.69. The first-order valence-corrected chi connectivity index (χ1v) is 9.69. The fourth-order valence-electron chi connectivity index (χ4n) is 3.50. The van der Waals surface area contributed by atoms with Crippen LogP contribution < -0.4 is 11.1 Å². The molecule has 0 unspecified atom stereocenters. The molecule has 0 radical (unpaired) electrons. The number of hydrogen-bond acceptors (Lipinski definition) is 6. The van der Waals surface area contributed by atoms with Crippen LogP contribution in [0, 0.1) is 0 Å². The number of piperazine rings is 1. The molecule has 7 heteroatoms. The highest BCUT2D eigenvalue weighted by molar-refractivity contribution is 5.94. The van der Waals surface area contributed by atoms with Crippen LogP contribution in [0.25, 0.3) is 22.3 Å². The van der Waals surface area contributed by atoms with E-state index in [1.54, 1.807) is 0 Å². The summed E-state index contributed by atoms with van der Waals surface area (Å²) in [6.07, 6.45) is 1.76. The van der Waals surface area contributed by atoms with Crippen molar-refractivity contribution in [3.8, 4) is 11.3 Å². The summed E-state index contributed by atoms with van der Waals surface area (Å²) in [6.45, 7) is 5.28. The Labute approximate surface area is 164 Å². The monoisotopic (exact) mass is 376 g/mol. The van der Waals surface area contributed by atoms with Crippen LogP contribution in [-0.2, 0) is 6.42 Å². The maximum absolute atomic E-state index is 12.6. The summed E-state index contributed by atoms with van der Waals surface area (Å²) in [4.78, 5) is 28.0. The largest absolute Gasteiger partial charge is 0.368 e. The van der Waals surface area contributed by atoms with Crippen molar-refractivity contribution >= 4 is 22.9 Å². The van der Waals surface area contributed by atoms with Gasteiger partial charge in [0.1, 0.15) is 5.52 Å². The summed E-state index contributed by atoms with van der Waals surface area (Å²) >= 11 is 0. The summed E-state index contributed by atoms with van der Waals surface area (Å²) < 4.78 is 0. The third kappa shape index (κ3) is 3.66. The van der Waals surface area contributed by atoms with Crippen LogP contribution in [0.15, 0.2) is 36.4 Å². The van der Waals surface area contributed by atoms with E-state index in [4.69, 9.17) is 10.7 Å². The molecule has 1 aliphatic heterocycles. The van der Waals surface area contributed by atoms with E-state index in [0.717, 1.165) is 67.0 Å². The van der Waals surface area contributed by atoms with Gasteiger partial charge < -0.3 is 16.0 Å². The topological polar surface area (TPSA) is 97.0 Å². The fraction of sp³-hybridized carbons (Fsp3) is 0.333. The number of aryl methyl sites for hydroxylation is 1. The predicted molar refractivity (Wildman–Crippen MR) is 110 cm³/mol. The molecule has 1 saturated heterocycles. The van der Waals surface area contributed by atoms with Gasteiger partial charge in [-0.15, -0.1) is 0 Å². The number of hydrogen-bond donors (Lipinski definition) is 2. The molecule has 28 heavy (non-hydrogen) atoms. The summed E-state index contributed by atoms with van der Waals surface area (Å²) in [5.41, 5.74) is 10.7. The van der Waals surface area contributed by atoms with Crippen molar-refractivity contribution < 1.29 is 4.79 Å². The van der Waals surface area contributed by atoms with E-state index in [2.05, 4.69) is 22.2 Å². The molecule has 0 aliphatic carbocycles. The van der Waals surface area contributed by atoms with E-state index >= 15 is 0 Å². The van der Waals surface area contributed by atoms with Crippen molar-refractivity contribution in [1.29, 1.82) is 0 Å². The lowest BCUT2D eigenvalue weighted by atomic mass is 10.1. The number of fused-ring (bicyclic) bond motifs is 1. The van der Waals surface area contributed by atoms with E-state index in [0.29, 0.717) is 5.56 Å². The summed E-state index contributed by atoms with van der Waals surface area (Å²) in [7, 11) is 0. The number of aromatic nitrogens is 3. The fourth-order valence-corrected chi connectivity index (χ4v) is 3.50. The highest BCUT2D eigenvalue weighted by Gasteiger charge is 2.18. The summed E-state index contributed by atoms with van der Waals surface area (Å²) in [5, 5.41) is 3.26. The molecule has 144 valence electrons. The van der Waals surface area contributed by atoms with E-state index in [9.17, 15) is 4.79 Å². The Hall–Kier alpha value is -3.06. The Balaban J connectivity index is 1.63. The number of pyridine rings is 1. The van der Waals surface area contributed by atoms with Gasteiger partial charge in [-0.25, -0.2) is 15.0 Å². The van der Waals surface area contributed by atoms with Gasteiger partial charge in [0.15, 0.2) is 0 Å². The highest BCUT2D eigenvalue weighted by Crippen LogP contribution is 2.23. The van der Waals surface area contributed by atoms with Gasteiger partial charge in [-0.1, -0.05) is 25.5 Å². The first-order chi connectivity index (χ1) is 13.7. The van der Waals surface area contributed by atoms with Gasteiger partial charge in [0.05, 0.1) is 16.9 Å². The Bertz CT molecular complexity index is 996. The van der Waals surface area contributed by atoms with Crippen LogP contribution in [0.1, 0.15) is 29.4 Å². The van der Waals surface area contributed by atoms with Crippen LogP contribution in [0.2, 0.25) is 0 Å². The van der Waals surface area contributed by atoms with Crippen LogP contribution in [0.4, 0.5) is 5.95 Å². The van der Waals surface area contributed by atoms with Gasteiger partial charge in [0, 0.05) is 37.3 Å². The molecule has 3 heterocycles. The normalized spacial score (nSPS) is 14.4. The smallest absolute Gasteiger partial charge is 0.253 e. The van der Waals surface area contributed by atoms with E-state index in [1.165, 1.54) is 0 Å². The minimum atomic E-state index is 0.0774. The SMILES string of the molecule is CCCc1nc(N)nc2ccc(-c3ccc(C(=O)N4CCNCC4)cc3)nc12. The van der Waals surface area contributed by atoms with E-state index < -0.39 is 0 Å². The minimum absolute atomic E-state index is 0.0774. The Kier molecular flexibility index (Phi) is 5.16. The lowest BCUT2D eigenvalue weighted by Gasteiger charge is -2.27. The van der Waals surface area contributed by atoms with Crippen LogP contribution in [0.5, 0.6) is 0 Å². The molecular weight excluding hydrogens is 352 g/mol. The minimum Gasteiger partial charge on any atom is -0.368 e. The first kappa shape index (κ1) is 18.3. The van der Waals surface area contributed by atoms with Crippen molar-refractivity contribution in [1.82, 2.24) is 25.2 Å². The van der Waals surface area contributed by atoms with E-state index in [-0.39, 0.29) is 11.9 Å². The molecule has 0 saturated carbocycles. The Morgan fingerprint density at radius 2 is 1.82 bits per heavy atom. The van der Waals surface area contributed by atoms with Gasteiger partial charge in [-0.05, 0) is 30.7 Å². The number of nitrogens with one attached hydrogen (secondary N) is 1. The average Bonchev–Trinajstić information content (AvgIpc) is 2.74. The van der Waals surface area contributed by atoms with Gasteiger partial charge in [0.2, 0.25) is 5.95 Å². The van der Waals surface area contributed by atoms with Gasteiger partial charge in [-0.3, -0.25) is 4.79 Å². The molecule has 2 aromatic heterocycles. The van der Waals surface area contributed by atoms with Crippen LogP contribution >= 0.6 is 0 Å². The lowest BCUT2D eigenvalue weighted by Crippen LogP contribution is -2.46. The summed E-state index contributed by atoms with van der Waals surface area (Å²) in [6, 6.07) is 11.5. The second-order valence-corrected chi connectivity index (χ2v) is 6.96. The number of anilines is 1. The van der Waals surface area contributed by atoms with Gasteiger partial charge in [-0.2, -0.15) is 0 Å². The van der Waals surface area contributed by atoms with Gasteiger partial charge in [0.25, 0.3) is 5.91 Å². The zero-order valence-electron chi connectivity index (χ0n) is 16.0. The standard InChI is InChI=1S/C21H24N6O/c1-2-3-17-19-18(26-21(22)25-17)9-8-16(24-19)14-4-6-15(7-5-14)20(28)27-12-10-23-11-13-27/h4-9,23H,2-3,10-13H2,1H3,(H2,22,25,26). The number of carbonyl (C=O) groups excluding carboxylic acids is 1. The quantitative estimate of drug-likeness (QED) is 0.725. The van der Waals surface area contributed by atoms with Crippen molar-refractivity contribution in [2.75, 3.05) is 31.9 Å². The summed E-state index contributed by atoms with van der Waals surface area (Å²) in [5.74, 6) is 0.356. The molecule has 1 aromatic carbocycles. The van der Waals surface area contributed by atoms with Crippen LogP contribution in [0.3, 0.4) is 0 Å². The van der Waals surface area contributed by atoms with Crippen molar-refractivity contribution in [3.05, 3.63) is 47.7 Å². The number of rotatable bonds is 4. The number of benzene rings is 1. The van der Waals surface area contributed by atoms with Crippen molar-refractivity contribution in [2.24, 2.45) is 0 Å². The molecule has 7 nitrogen and oxygen atoms in total. The predicted octanol–water partition coefficient (Wildman–Crippen LogP) is 2.27. The third-order valence-electron chi connectivity index (χ3n) is 4.95. The number of amides is 1. The second-order valence-electron chi connectivity index (χ2n) is 6.96. The molecule has 4 rings (SSSR count). The lowest BCUT2D eigenvalue weighted by molar-refractivity contribution is 0.0736. The molecule has 3 aromatic rings. The highest BCUT2D eigenvalue weighted by atomic mass is 16.2. The van der Waals surface area contributed by atoms with Crippen LogP contribution in [-0.4, -0.2) is 51.9 Å². The molecule has 0 atom stereocenters. The third-order valence-corrected chi connectivity index (χ3v) is 4.95. The van der Waals surface area contributed by atoms with Gasteiger partial charge >= 0.3 is 0 Å². The van der Waals surface area contributed by atoms with E-state index in [1.807, 2.05) is 41.3 Å². The maximum atomic E-state index is 12.6. The molecule has 3 N–H and O–H groups in total. The average molecular weight is 376 g/mol. The molecule has 1 aliphatic rings. The molecular formula is C21H24N6O. The van der Waals surface area contributed by atoms with Crippen molar-refractivity contribution in [2.45, 2.75) is 19.8 Å². The van der Waals surface area contributed by atoms with Crippen molar-refractivity contribution in [3.63, 3.8) is 0 Å². The maximum Gasteiger partial charge on any atom is 0.253 e. The zero-order chi connectivity index (χ0) is 19.5.